The van der Waals surface area contributed by atoms with Gasteiger partial charge >= 0.3 is 5.97 Å². The van der Waals surface area contributed by atoms with E-state index in [0.717, 1.165) is 0 Å². The van der Waals surface area contributed by atoms with Crippen LogP contribution in [0.3, 0.4) is 0 Å². The third-order valence-electron chi connectivity index (χ3n) is 2.01. The molecule has 0 bridgehead atoms. The molecule has 70 valence electrons. The standard InChI is InChI=1S/C9H11NO3/c1-4-5(2)7-8(12)10-9(7)13-6(3)11/h1,5,7,9H,2-3H3,(H,10,12). The maximum atomic E-state index is 11.0. The van der Waals surface area contributed by atoms with E-state index in [1.807, 2.05) is 0 Å². The molecule has 0 spiro atoms. The van der Waals surface area contributed by atoms with Crippen molar-refractivity contribution in [2.24, 2.45) is 11.8 Å². The van der Waals surface area contributed by atoms with Gasteiger partial charge in [0.2, 0.25) is 5.91 Å². The molecule has 13 heavy (non-hydrogen) atoms. The molecule has 3 unspecified atom stereocenters. The van der Waals surface area contributed by atoms with Crippen LogP contribution < -0.4 is 5.32 Å². The molecule has 1 amide bonds. The minimum atomic E-state index is -0.545. The van der Waals surface area contributed by atoms with E-state index in [9.17, 15) is 9.59 Å². The lowest BCUT2D eigenvalue weighted by Gasteiger charge is -2.37. The molecule has 0 radical (unpaired) electrons. The summed E-state index contributed by atoms with van der Waals surface area (Å²) >= 11 is 0. The number of β-lactam (4-membered cyclic amide) rings is 1. The first-order valence-electron chi connectivity index (χ1n) is 4.00. The Labute approximate surface area is 76.6 Å². The first-order valence-corrected chi connectivity index (χ1v) is 4.00. The molecule has 0 saturated carbocycles. The second-order valence-electron chi connectivity index (χ2n) is 3.02. The van der Waals surface area contributed by atoms with Gasteiger partial charge in [-0.15, -0.1) is 12.3 Å². The predicted molar refractivity (Wildman–Crippen MR) is 45.2 cm³/mol. The van der Waals surface area contributed by atoms with Crippen LogP contribution in [0, 0.1) is 24.2 Å². The van der Waals surface area contributed by atoms with Gasteiger partial charge in [0, 0.05) is 12.8 Å². The van der Waals surface area contributed by atoms with Crippen molar-refractivity contribution in [1.82, 2.24) is 5.32 Å². The molecule has 4 nitrogen and oxygen atoms in total. The number of rotatable bonds is 2. The molecule has 0 aromatic rings. The van der Waals surface area contributed by atoms with Crippen LogP contribution in [0.2, 0.25) is 0 Å². The van der Waals surface area contributed by atoms with Gasteiger partial charge in [-0.3, -0.25) is 9.59 Å². The molecule has 1 aliphatic rings. The van der Waals surface area contributed by atoms with Crippen molar-refractivity contribution in [3.8, 4) is 12.3 Å². The number of nitrogens with one attached hydrogen (secondary N) is 1. The zero-order chi connectivity index (χ0) is 10.0. The lowest BCUT2D eigenvalue weighted by atomic mass is 9.86. The Hall–Kier alpha value is -1.50. The average molecular weight is 181 g/mol. The van der Waals surface area contributed by atoms with Crippen molar-refractivity contribution in [2.75, 3.05) is 0 Å². The number of esters is 1. The molecule has 1 N–H and O–H groups in total. The lowest BCUT2D eigenvalue weighted by Crippen LogP contribution is -2.61. The minimum Gasteiger partial charge on any atom is -0.441 e. The molecule has 0 aromatic heterocycles. The quantitative estimate of drug-likeness (QED) is 0.367. The van der Waals surface area contributed by atoms with Crippen molar-refractivity contribution in [3.63, 3.8) is 0 Å². The molecule has 1 fully saturated rings. The number of terminal acetylenes is 1. The number of amides is 1. The van der Waals surface area contributed by atoms with E-state index < -0.39 is 18.1 Å². The third-order valence-corrected chi connectivity index (χ3v) is 2.01. The summed E-state index contributed by atoms with van der Waals surface area (Å²) < 4.78 is 4.83. The van der Waals surface area contributed by atoms with Gasteiger partial charge in [-0.2, -0.15) is 0 Å². The van der Waals surface area contributed by atoms with E-state index in [4.69, 9.17) is 11.2 Å². The van der Waals surface area contributed by atoms with Crippen LogP contribution in [0.1, 0.15) is 13.8 Å². The Morgan fingerprint density at radius 1 is 1.77 bits per heavy atom. The summed E-state index contributed by atoms with van der Waals surface area (Å²) in [6.45, 7) is 3.04. The molecule has 3 atom stereocenters. The number of hydrogen-bond acceptors (Lipinski definition) is 3. The van der Waals surface area contributed by atoms with Crippen LogP contribution in [-0.2, 0) is 14.3 Å². The second kappa shape index (κ2) is 3.48. The number of carbonyl (C=O) groups excluding carboxylic acids is 2. The Balaban J connectivity index is 2.57. The molecular formula is C9H11NO3. The van der Waals surface area contributed by atoms with Crippen molar-refractivity contribution in [1.29, 1.82) is 0 Å². The Morgan fingerprint density at radius 3 is 2.77 bits per heavy atom. The van der Waals surface area contributed by atoms with Crippen LogP contribution in [0.25, 0.3) is 0 Å². The number of carbonyl (C=O) groups is 2. The molecule has 1 saturated heterocycles. The van der Waals surface area contributed by atoms with Crippen LogP contribution >= 0.6 is 0 Å². The average Bonchev–Trinajstić information content (AvgIpc) is 2.02. The SMILES string of the molecule is C#CC(C)C1C(=O)NC1OC(C)=O. The molecule has 1 heterocycles. The highest BCUT2D eigenvalue weighted by atomic mass is 16.6. The maximum absolute atomic E-state index is 11.0. The zero-order valence-corrected chi connectivity index (χ0v) is 7.53. The highest BCUT2D eigenvalue weighted by Gasteiger charge is 2.44. The summed E-state index contributed by atoms with van der Waals surface area (Å²) in [6.07, 6.45) is 4.62. The fourth-order valence-corrected chi connectivity index (χ4v) is 1.24. The lowest BCUT2D eigenvalue weighted by molar-refractivity contribution is -0.169. The van der Waals surface area contributed by atoms with Crippen LogP contribution in [0.15, 0.2) is 0 Å². The molecule has 4 heteroatoms. The first-order chi connectivity index (χ1) is 6.06. The Morgan fingerprint density at radius 2 is 2.38 bits per heavy atom. The van der Waals surface area contributed by atoms with Gasteiger partial charge in [0.15, 0.2) is 6.23 Å². The highest BCUT2D eigenvalue weighted by molar-refractivity contribution is 5.86. The largest absolute Gasteiger partial charge is 0.441 e. The van der Waals surface area contributed by atoms with Crippen molar-refractivity contribution < 1.29 is 14.3 Å². The summed E-state index contributed by atoms with van der Waals surface area (Å²) in [5, 5.41) is 2.46. The van der Waals surface area contributed by atoms with Gasteiger partial charge in [-0.05, 0) is 0 Å². The second-order valence-corrected chi connectivity index (χ2v) is 3.02. The van der Waals surface area contributed by atoms with Gasteiger partial charge < -0.3 is 10.1 Å². The van der Waals surface area contributed by atoms with E-state index in [-0.39, 0.29) is 11.8 Å². The zero-order valence-electron chi connectivity index (χ0n) is 7.53. The first kappa shape index (κ1) is 9.59. The minimum absolute atomic E-state index is 0.156. The van der Waals surface area contributed by atoms with Crippen molar-refractivity contribution in [2.45, 2.75) is 20.1 Å². The van der Waals surface area contributed by atoms with E-state index in [0.29, 0.717) is 0 Å². The van der Waals surface area contributed by atoms with Gasteiger partial charge in [0.25, 0.3) is 0 Å². The summed E-state index contributed by atoms with van der Waals surface area (Å²) in [6, 6.07) is 0. The topological polar surface area (TPSA) is 55.4 Å². The highest BCUT2D eigenvalue weighted by Crippen LogP contribution is 2.24. The van der Waals surface area contributed by atoms with Crippen molar-refractivity contribution in [3.05, 3.63) is 0 Å². The van der Waals surface area contributed by atoms with Gasteiger partial charge in [-0.25, -0.2) is 0 Å². The normalized spacial score (nSPS) is 27.9. The summed E-state index contributed by atoms with van der Waals surface area (Å²) in [5.74, 6) is 1.27. The van der Waals surface area contributed by atoms with E-state index in [2.05, 4.69) is 11.2 Å². The summed E-state index contributed by atoms with van der Waals surface area (Å²) in [5.41, 5.74) is 0. The van der Waals surface area contributed by atoms with Gasteiger partial charge in [-0.1, -0.05) is 6.92 Å². The fourth-order valence-electron chi connectivity index (χ4n) is 1.24. The summed E-state index contributed by atoms with van der Waals surface area (Å²) in [4.78, 5) is 21.6. The van der Waals surface area contributed by atoms with E-state index >= 15 is 0 Å². The van der Waals surface area contributed by atoms with Crippen molar-refractivity contribution >= 4 is 11.9 Å². The van der Waals surface area contributed by atoms with E-state index in [1.54, 1.807) is 6.92 Å². The smallest absolute Gasteiger partial charge is 0.304 e. The monoisotopic (exact) mass is 181 g/mol. The Kier molecular flexibility index (Phi) is 2.57. The Bertz CT molecular complexity index is 279. The number of hydrogen-bond donors (Lipinski definition) is 1. The van der Waals surface area contributed by atoms with Crippen LogP contribution in [-0.4, -0.2) is 18.1 Å². The van der Waals surface area contributed by atoms with Gasteiger partial charge in [0.1, 0.15) is 5.92 Å². The van der Waals surface area contributed by atoms with Gasteiger partial charge in [0.05, 0.1) is 0 Å². The third kappa shape index (κ3) is 1.81. The molecule has 0 aliphatic carbocycles. The maximum Gasteiger partial charge on any atom is 0.304 e. The van der Waals surface area contributed by atoms with Crippen LogP contribution in [0.4, 0.5) is 0 Å². The fraction of sp³-hybridized carbons (Fsp3) is 0.556. The predicted octanol–water partition coefficient (Wildman–Crippen LogP) is -0.109. The van der Waals surface area contributed by atoms with E-state index in [1.165, 1.54) is 6.92 Å². The molecule has 1 rings (SSSR count). The molecule has 1 aliphatic heterocycles. The number of ether oxygens (including phenoxy) is 1. The molecular weight excluding hydrogens is 170 g/mol. The molecule has 0 aromatic carbocycles. The summed E-state index contributed by atoms with van der Waals surface area (Å²) in [7, 11) is 0. The van der Waals surface area contributed by atoms with Crippen LogP contribution in [0.5, 0.6) is 0 Å².